The van der Waals surface area contributed by atoms with Crippen LogP contribution in [0.2, 0.25) is 5.02 Å². The van der Waals surface area contributed by atoms with Crippen molar-refractivity contribution in [3.8, 4) is 0 Å². The first kappa shape index (κ1) is 16.8. The van der Waals surface area contributed by atoms with Crippen LogP contribution in [-0.4, -0.2) is 18.0 Å². The van der Waals surface area contributed by atoms with Crippen LogP contribution in [0.15, 0.2) is 24.3 Å². The second kappa shape index (κ2) is 8.19. The van der Waals surface area contributed by atoms with Crippen LogP contribution in [0.5, 0.6) is 0 Å². The Hall–Kier alpha value is -0.530. The van der Waals surface area contributed by atoms with Gasteiger partial charge in [-0.3, -0.25) is 4.90 Å². The number of hydrogen-bond donors (Lipinski definition) is 0. The normalized spacial score (nSPS) is 25.0. The van der Waals surface area contributed by atoms with Gasteiger partial charge in [0.1, 0.15) is 0 Å². The predicted octanol–water partition coefficient (Wildman–Crippen LogP) is 5.75. The van der Waals surface area contributed by atoms with Crippen molar-refractivity contribution in [1.29, 1.82) is 0 Å². The van der Waals surface area contributed by atoms with Gasteiger partial charge in [0.05, 0.1) is 0 Å². The van der Waals surface area contributed by atoms with Gasteiger partial charge >= 0.3 is 0 Å². The summed E-state index contributed by atoms with van der Waals surface area (Å²) < 4.78 is 0. The standard InChI is InChI=1S/C19H29ClN/c1-4-5-6-7-19(17-8-10-18(20)11-9-17)21-13-15(2)12-16(3)14-21/h6,8-11,15-16,19H,4-5,7,12-14H2,1-3H3/t15-,16-,19?/m1/s1. The van der Waals surface area contributed by atoms with Gasteiger partial charge in [0, 0.05) is 24.2 Å². The maximum Gasteiger partial charge on any atom is 0.0406 e. The van der Waals surface area contributed by atoms with Gasteiger partial charge in [0.25, 0.3) is 0 Å². The molecule has 2 rings (SSSR count). The maximum atomic E-state index is 6.05. The Labute approximate surface area is 135 Å². The van der Waals surface area contributed by atoms with Crippen LogP contribution in [0.3, 0.4) is 0 Å². The highest BCUT2D eigenvalue weighted by molar-refractivity contribution is 6.30. The van der Waals surface area contributed by atoms with Gasteiger partial charge in [-0.2, -0.15) is 0 Å². The van der Waals surface area contributed by atoms with Crippen molar-refractivity contribution in [2.24, 2.45) is 11.8 Å². The van der Waals surface area contributed by atoms with Crippen molar-refractivity contribution in [3.63, 3.8) is 0 Å². The van der Waals surface area contributed by atoms with E-state index < -0.39 is 0 Å². The number of unbranched alkanes of at least 4 members (excludes halogenated alkanes) is 2. The van der Waals surface area contributed by atoms with E-state index in [9.17, 15) is 0 Å². The third-order valence-corrected chi connectivity index (χ3v) is 4.73. The average Bonchev–Trinajstić information content (AvgIpc) is 2.44. The van der Waals surface area contributed by atoms with Crippen molar-refractivity contribution in [3.05, 3.63) is 41.3 Å². The molecule has 0 N–H and O–H groups in total. The Bertz CT molecular complexity index is 404. The molecule has 0 bridgehead atoms. The van der Waals surface area contributed by atoms with E-state index in [4.69, 9.17) is 11.6 Å². The van der Waals surface area contributed by atoms with Gasteiger partial charge in [-0.15, -0.1) is 0 Å². The molecule has 1 aliphatic heterocycles. The Morgan fingerprint density at radius 2 is 1.81 bits per heavy atom. The monoisotopic (exact) mass is 306 g/mol. The molecule has 1 aromatic carbocycles. The molecule has 1 aliphatic rings. The van der Waals surface area contributed by atoms with Crippen molar-refractivity contribution in [2.75, 3.05) is 13.1 Å². The van der Waals surface area contributed by atoms with Crippen LogP contribution < -0.4 is 0 Å². The number of hydrogen-bond acceptors (Lipinski definition) is 1. The Kier molecular flexibility index (Phi) is 6.57. The van der Waals surface area contributed by atoms with Gasteiger partial charge in [0.15, 0.2) is 0 Å². The molecule has 2 heteroatoms. The van der Waals surface area contributed by atoms with E-state index >= 15 is 0 Å². The first-order chi connectivity index (χ1) is 10.1. The number of halogens is 1. The van der Waals surface area contributed by atoms with Crippen LogP contribution >= 0.6 is 11.6 Å². The summed E-state index contributed by atoms with van der Waals surface area (Å²) in [4.78, 5) is 2.69. The zero-order valence-corrected chi connectivity index (χ0v) is 14.4. The molecule has 3 atom stereocenters. The topological polar surface area (TPSA) is 3.24 Å². The van der Waals surface area contributed by atoms with Crippen LogP contribution in [0.4, 0.5) is 0 Å². The highest BCUT2D eigenvalue weighted by Crippen LogP contribution is 2.33. The third-order valence-electron chi connectivity index (χ3n) is 4.48. The SMILES string of the molecule is CCC[CH]CC(c1ccc(Cl)cc1)N1C[C@H](C)C[C@@H](C)C1. The van der Waals surface area contributed by atoms with Gasteiger partial charge in [-0.1, -0.05) is 57.3 Å². The molecule has 1 saturated heterocycles. The lowest BCUT2D eigenvalue weighted by molar-refractivity contribution is 0.0939. The fourth-order valence-corrected chi connectivity index (χ4v) is 3.75. The fraction of sp³-hybridized carbons (Fsp3) is 0.632. The molecule has 0 spiro atoms. The van der Waals surface area contributed by atoms with Gasteiger partial charge < -0.3 is 0 Å². The van der Waals surface area contributed by atoms with Crippen LogP contribution in [0.25, 0.3) is 0 Å². The largest absolute Gasteiger partial charge is 0.296 e. The third kappa shape index (κ3) is 5.00. The Morgan fingerprint density at radius 1 is 1.19 bits per heavy atom. The van der Waals surface area contributed by atoms with Gasteiger partial charge in [-0.05, 0) is 48.8 Å². The summed E-state index contributed by atoms with van der Waals surface area (Å²) in [6, 6.07) is 8.98. The van der Waals surface area contributed by atoms with E-state index in [1.807, 2.05) is 12.1 Å². The smallest absolute Gasteiger partial charge is 0.0406 e. The van der Waals surface area contributed by atoms with Crippen LogP contribution in [0.1, 0.15) is 58.1 Å². The molecule has 117 valence electrons. The first-order valence-corrected chi connectivity index (χ1v) is 8.79. The number of benzene rings is 1. The minimum absolute atomic E-state index is 0.513. The van der Waals surface area contributed by atoms with Gasteiger partial charge in [0.2, 0.25) is 0 Å². The average molecular weight is 307 g/mol. The molecule has 0 aromatic heterocycles. The molecule has 21 heavy (non-hydrogen) atoms. The van der Waals surface area contributed by atoms with Crippen molar-refractivity contribution < 1.29 is 0 Å². The van der Waals surface area contributed by atoms with Crippen LogP contribution in [-0.2, 0) is 0 Å². The van der Waals surface area contributed by atoms with E-state index in [1.165, 1.54) is 37.9 Å². The summed E-state index contributed by atoms with van der Waals surface area (Å²) in [5.41, 5.74) is 1.41. The van der Waals surface area contributed by atoms with Crippen LogP contribution in [0, 0.1) is 18.3 Å². The summed E-state index contributed by atoms with van der Waals surface area (Å²) in [7, 11) is 0. The molecule has 0 saturated carbocycles. The zero-order chi connectivity index (χ0) is 15.2. The minimum atomic E-state index is 0.513. The first-order valence-electron chi connectivity index (χ1n) is 8.41. The van der Waals surface area contributed by atoms with E-state index in [1.54, 1.807) is 0 Å². The fourth-order valence-electron chi connectivity index (χ4n) is 3.63. The van der Waals surface area contributed by atoms with Crippen molar-refractivity contribution in [1.82, 2.24) is 4.90 Å². The summed E-state index contributed by atoms with van der Waals surface area (Å²) >= 11 is 6.05. The van der Waals surface area contributed by atoms with E-state index in [-0.39, 0.29) is 0 Å². The van der Waals surface area contributed by atoms with Crippen molar-refractivity contribution >= 4 is 11.6 Å². The number of rotatable bonds is 6. The molecule has 1 unspecified atom stereocenters. The molecular weight excluding hydrogens is 278 g/mol. The Morgan fingerprint density at radius 3 is 2.38 bits per heavy atom. The lowest BCUT2D eigenvalue weighted by Gasteiger charge is -2.40. The van der Waals surface area contributed by atoms with E-state index in [0.717, 1.165) is 23.3 Å². The number of nitrogens with zero attached hydrogens (tertiary/aromatic N) is 1. The molecular formula is C19H29ClN. The molecule has 0 aliphatic carbocycles. The zero-order valence-electron chi connectivity index (χ0n) is 13.7. The molecule has 1 radical (unpaired) electrons. The quantitative estimate of drug-likeness (QED) is 0.604. The number of piperidine rings is 1. The molecule has 1 nitrogen and oxygen atoms in total. The van der Waals surface area contributed by atoms with E-state index in [2.05, 4.69) is 44.2 Å². The maximum absolute atomic E-state index is 6.05. The van der Waals surface area contributed by atoms with Gasteiger partial charge in [-0.25, -0.2) is 0 Å². The summed E-state index contributed by atoms with van der Waals surface area (Å²) in [6.45, 7) is 9.46. The van der Waals surface area contributed by atoms with E-state index in [0.29, 0.717) is 6.04 Å². The number of likely N-dealkylation sites (tertiary alicyclic amines) is 1. The Balaban J connectivity index is 2.12. The summed E-state index contributed by atoms with van der Waals surface area (Å²) in [5, 5.41) is 0.829. The van der Waals surface area contributed by atoms with Crippen molar-refractivity contribution in [2.45, 2.75) is 52.5 Å². The molecule has 1 fully saturated rings. The minimum Gasteiger partial charge on any atom is -0.296 e. The highest BCUT2D eigenvalue weighted by Gasteiger charge is 2.28. The lowest BCUT2D eigenvalue weighted by atomic mass is 9.88. The summed E-state index contributed by atoms with van der Waals surface area (Å²) in [5.74, 6) is 1.60. The summed E-state index contributed by atoms with van der Waals surface area (Å²) in [6.07, 6.45) is 7.42. The molecule has 1 heterocycles. The second-order valence-electron chi connectivity index (χ2n) is 6.78. The molecule has 0 amide bonds. The lowest BCUT2D eigenvalue weighted by Crippen LogP contribution is -2.41. The molecule has 1 aromatic rings. The highest BCUT2D eigenvalue weighted by atomic mass is 35.5. The second-order valence-corrected chi connectivity index (χ2v) is 7.22. The predicted molar refractivity (Wildman–Crippen MR) is 92.5 cm³/mol.